The maximum Gasteiger partial charge on any atom is 0.282 e. The predicted molar refractivity (Wildman–Crippen MR) is 69.1 cm³/mol. The average molecular weight is 256 g/mol. The first-order valence-electron chi connectivity index (χ1n) is 6.47. The van der Waals surface area contributed by atoms with Gasteiger partial charge in [-0.2, -0.15) is 0 Å². The van der Waals surface area contributed by atoms with Gasteiger partial charge in [0.25, 0.3) is 5.24 Å². The van der Waals surface area contributed by atoms with Crippen LogP contribution in [0, 0.1) is 0 Å². The first-order chi connectivity index (χ1) is 8.25. The standard InChI is InChI=1S/C12H20N2O2S/c15-11(9-14-7-8-17-12(14)16)13-10-5-3-1-2-4-6-10/h10H,1-9H2,(H,13,15). The molecule has 1 N–H and O–H groups in total. The van der Waals surface area contributed by atoms with Gasteiger partial charge in [0.15, 0.2) is 0 Å². The van der Waals surface area contributed by atoms with Crippen molar-refractivity contribution in [2.75, 3.05) is 18.8 Å². The highest BCUT2D eigenvalue weighted by atomic mass is 32.2. The van der Waals surface area contributed by atoms with Crippen LogP contribution >= 0.6 is 11.8 Å². The van der Waals surface area contributed by atoms with Crippen molar-refractivity contribution < 1.29 is 9.59 Å². The van der Waals surface area contributed by atoms with E-state index in [2.05, 4.69) is 5.32 Å². The van der Waals surface area contributed by atoms with Crippen molar-refractivity contribution in [1.29, 1.82) is 0 Å². The second-order valence-corrected chi connectivity index (χ2v) is 5.84. The number of amides is 2. The third-order valence-electron chi connectivity index (χ3n) is 3.40. The summed E-state index contributed by atoms with van der Waals surface area (Å²) in [7, 11) is 0. The Morgan fingerprint density at radius 1 is 1.29 bits per heavy atom. The molecule has 0 aromatic carbocycles. The van der Waals surface area contributed by atoms with Crippen LogP contribution in [-0.4, -0.2) is 40.9 Å². The Kier molecular flexibility index (Phi) is 4.71. The van der Waals surface area contributed by atoms with Crippen LogP contribution in [0.1, 0.15) is 38.5 Å². The van der Waals surface area contributed by atoms with Gasteiger partial charge in [-0.3, -0.25) is 9.59 Å². The van der Waals surface area contributed by atoms with Gasteiger partial charge in [0.2, 0.25) is 5.91 Å². The van der Waals surface area contributed by atoms with Crippen LogP contribution in [0.3, 0.4) is 0 Å². The van der Waals surface area contributed by atoms with Crippen molar-refractivity contribution in [3.05, 3.63) is 0 Å². The molecule has 0 atom stereocenters. The fraction of sp³-hybridized carbons (Fsp3) is 0.833. The molecule has 0 bridgehead atoms. The molecule has 0 aromatic rings. The second kappa shape index (κ2) is 6.28. The third-order valence-corrected chi connectivity index (χ3v) is 4.29. The number of thioether (sulfide) groups is 1. The van der Waals surface area contributed by atoms with Crippen LogP contribution in [0.25, 0.3) is 0 Å². The summed E-state index contributed by atoms with van der Waals surface area (Å²) in [6.07, 6.45) is 7.18. The molecule has 1 aliphatic heterocycles. The minimum absolute atomic E-state index is 0.00718. The highest BCUT2D eigenvalue weighted by molar-refractivity contribution is 8.13. The first kappa shape index (κ1) is 12.7. The Morgan fingerprint density at radius 3 is 2.59 bits per heavy atom. The quantitative estimate of drug-likeness (QED) is 0.786. The molecule has 2 fully saturated rings. The van der Waals surface area contributed by atoms with Crippen LogP contribution in [-0.2, 0) is 4.79 Å². The molecule has 5 heteroatoms. The zero-order chi connectivity index (χ0) is 12.1. The van der Waals surface area contributed by atoms with Crippen LogP contribution in [0.15, 0.2) is 0 Å². The van der Waals surface area contributed by atoms with Gasteiger partial charge in [-0.05, 0) is 12.8 Å². The normalized spacial score (nSPS) is 22.6. The molecule has 1 saturated carbocycles. The van der Waals surface area contributed by atoms with Crippen LogP contribution in [0.5, 0.6) is 0 Å². The largest absolute Gasteiger partial charge is 0.352 e. The fourth-order valence-corrected chi connectivity index (χ4v) is 3.26. The van der Waals surface area contributed by atoms with E-state index in [0.717, 1.165) is 18.6 Å². The number of carbonyl (C=O) groups excluding carboxylic acids is 2. The lowest BCUT2D eigenvalue weighted by molar-refractivity contribution is -0.122. The van der Waals surface area contributed by atoms with Crippen molar-refractivity contribution in [2.24, 2.45) is 0 Å². The highest BCUT2D eigenvalue weighted by Gasteiger charge is 2.24. The van der Waals surface area contributed by atoms with Gasteiger partial charge in [0, 0.05) is 18.3 Å². The van der Waals surface area contributed by atoms with E-state index in [1.807, 2.05) is 0 Å². The maximum atomic E-state index is 11.8. The molecule has 2 aliphatic rings. The predicted octanol–water partition coefficient (Wildman–Crippen LogP) is 1.99. The molecule has 2 rings (SSSR count). The number of hydrogen-bond donors (Lipinski definition) is 1. The molecule has 0 unspecified atom stereocenters. The Bertz CT molecular complexity index is 288. The van der Waals surface area contributed by atoms with Gasteiger partial charge >= 0.3 is 0 Å². The molecular weight excluding hydrogens is 236 g/mol. The SMILES string of the molecule is O=C(CN1CCSC1=O)NC1CCCCCC1. The third kappa shape index (κ3) is 3.91. The Labute approximate surface area is 106 Å². The maximum absolute atomic E-state index is 11.8. The average Bonchev–Trinajstić information content (AvgIpc) is 2.55. The van der Waals surface area contributed by atoms with E-state index in [1.54, 1.807) is 4.90 Å². The summed E-state index contributed by atoms with van der Waals surface area (Å²) in [6, 6.07) is 0.329. The summed E-state index contributed by atoms with van der Waals surface area (Å²) in [6.45, 7) is 0.948. The number of carbonyl (C=O) groups is 2. The lowest BCUT2D eigenvalue weighted by Crippen LogP contribution is -2.42. The summed E-state index contributed by atoms with van der Waals surface area (Å²) < 4.78 is 0. The molecule has 96 valence electrons. The number of rotatable bonds is 3. The topological polar surface area (TPSA) is 49.4 Å². The Hall–Kier alpha value is -0.710. The second-order valence-electron chi connectivity index (χ2n) is 4.79. The van der Waals surface area contributed by atoms with Gasteiger partial charge in [-0.25, -0.2) is 0 Å². The fourth-order valence-electron chi connectivity index (χ4n) is 2.44. The number of nitrogens with zero attached hydrogens (tertiary/aromatic N) is 1. The summed E-state index contributed by atoms with van der Waals surface area (Å²) in [5.41, 5.74) is 0. The van der Waals surface area contributed by atoms with Gasteiger partial charge < -0.3 is 10.2 Å². The number of nitrogens with one attached hydrogen (secondary N) is 1. The van der Waals surface area contributed by atoms with E-state index in [9.17, 15) is 9.59 Å². The molecule has 0 radical (unpaired) electrons. The Balaban J connectivity index is 1.74. The molecule has 17 heavy (non-hydrogen) atoms. The first-order valence-corrected chi connectivity index (χ1v) is 7.45. The summed E-state index contributed by atoms with van der Waals surface area (Å²) in [5.74, 6) is 0.822. The van der Waals surface area contributed by atoms with E-state index >= 15 is 0 Å². The molecule has 4 nitrogen and oxygen atoms in total. The Morgan fingerprint density at radius 2 is 2.00 bits per heavy atom. The van der Waals surface area contributed by atoms with Crippen LogP contribution in [0.2, 0.25) is 0 Å². The van der Waals surface area contributed by atoms with E-state index in [-0.39, 0.29) is 17.7 Å². The van der Waals surface area contributed by atoms with E-state index in [1.165, 1.54) is 37.4 Å². The van der Waals surface area contributed by atoms with Gasteiger partial charge in [0.05, 0.1) is 0 Å². The van der Waals surface area contributed by atoms with Gasteiger partial charge in [-0.1, -0.05) is 37.4 Å². The minimum Gasteiger partial charge on any atom is -0.352 e. The monoisotopic (exact) mass is 256 g/mol. The van der Waals surface area contributed by atoms with E-state index in [0.29, 0.717) is 12.6 Å². The van der Waals surface area contributed by atoms with Crippen molar-refractivity contribution in [3.8, 4) is 0 Å². The smallest absolute Gasteiger partial charge is 0.282 e. The minimum atomic E-state index is 0.00718. The molecular formula is C12H20N2O2S. The van der Waals surface area contributed by atoms with Crippen molar-refractivity contribution in [3.63, 3.8) is 0 Å². The summed E-state index contributed by atoms with van der Waals surface area (Å²) in [5, 5.41) is 3.11. The number of hydrogen-bond acceptors (Lipinski definition) is 3. The summed E-state index contributed by atoms with van der Waals surface area (Å²) in [4.78, 5) is 24.8. The molecule has 0 aromatic heterocycles. The van der Waals surface area contributed by atoms with Crippen LogP contribution in [0.4, 0.5) is 4.79 Å². The van der Waals surface area contributed by atoms with Crippen molar-refractivity contribution in [2.45, 2.75) is 44.6 Å². The van der Waals surface area contributed by atoms with Gasteiger partial charge in [0.1, 0.15) is 6.54 Å². The molecule has 1 heterocycles. The summed E-state index contributed by atoms with van der Waals surface area (Å²) >= 11 is 1.30. The lowest BCUT2D eigenvalue weighted by atomic mass is 10.1. The zero-order valence-corrected chi connectivity index (χ0v) is 10.9. The van der Waals surface area contributed by atoms with Crippen molar-refractivity contribution >= 4 is 22.9 Å². The molecule has 0 spiro atoms. The molecule has 2 amide bonds. The molecule has 1 saturated heterocycles. The lowest BCUT2D eigenvalue weighted by Gasteiger charge is -2.19. The highest BCUT2D eigenvalue weighted by Crippen LogP contribution is 2.18. The van der Waals surface area contributed by atoms with Crippen LogP contribution < -0.4 is 5.32 Å². The van der Waals surface area contributed by atoms with E-state index < -0.39 is 0 Å². The zero-order valence-electron chi connectivity index (χ0n) is 10.1. The van der Waals surface area contributed by atoms with E-state index in [4.69, 9.17) is 0 Å². The van der Waals surface area contributed by atoms with Gasteiger partial charge in [-0.15, -0.1) is 0 Å². The molecule has 1 aliphatic carbocycles. The van der Waals surface area contributed by atoms with Crippen molar-refractivity contribution in [1.82, 2.24) is 10.2 Å².